The normalized spacial score (nSPS) is 14.1. The Morgan fingerprint density at radius 3 is 2.38 bits per heavy atom. The highest BCUT2D eigenvalue weighted by atomic mass is 35.5. The number of hydrogen-bond donors (Lipinski definition) is 1. The van der Waals surface area contributed by atoms with Crippen LogP contribution in [-0.4, -0.2) is 24.0 Å². The topological polar surface area (TPSA) is 29.3 Å². The molecule has 0 bridgehead atoms. The third-order valence-corrected chi connectivity index (χ3v) is 7.64. The molecule has 0 saturated heterocycles. The van der Waals surface area contributed by atoms with E-state index in [9.17, 15) is 0 Å². The lowest BCUT2D eigenvalue weighted by Crippen LogP contribution is -2.42. The van der Waals surface area contributed by atoms with Crippen molar-refractivity contribution < 1.29 is 0 Å². The SMILES string of the molecule is C=C1C(Cc2ccccc2)=C(C(C(C)C)N(CCCN)C(=C)c2ccc(C)cc2)Cc2cc(Cl)ccc21. The van der Waals surface area contributed by atoms with Crippen molar-refractivity contribution in [3.8, 4) is 0 Å². The maximum atomic E-state index is 6.47. The number of halogens is 1. The van der Waals surface area contributed by atoms with Crippen LogP contribution in [0.15, 0.2) is 97.1 Å². The van der Waals surface area contributed by atoms with Gasteiger partial charge in [0.1, 0.15) is 0 Å². The summed E-state index contributed by atoms with van der Waals surface area (Å²) in [7, 11) is 0. The van der Waals surface area contributed by atoms with Gasteiger partial charge in [0.15, 0.2) is 0 Å². The Kier molecular flexibility index (Phi) is 8.74. The second kappa shape index (κ2) is 12.0. The van der Waals surface area contributed by atoms with Crippen LogP contribution in [0.4, 0.5) is 0 Å². The molecule has 1 atom stereocenters. The van der Waals surface area contributed by atoms with Gasteiger partial charge in [0.05, 0.1) is 6.04 Å². The minimum atomic E-state index is 0.156. The molecule has 0 amide bonds. The zero-order valence-electron chi connectivity index (χ0n) is 22.4. The summed E-state index contributed by atoms with van der Waals surface area (Å²) in [5, 5.41) is 0.766. The fraction of sp³-hybridized carbons (Fsp3) is 0.294. The van der Waals surface area contributed by atoms with Crippen LogP contribution in [0.2, 0.25) is 5.02 Å². The Hall–Kier alpha value is -3.07. The van der Waals surface area contributed by atoms with Gasteiger partial charge in [-0.25, -0.2) is 0 Å². The van der Waals surface area contributed by atoms with E-state index < -0.39 is 0 Å². The van der Waals surface area contributed by atoms with Crippen LogP contribution >= 0.6 is 11.6 Å². The maximum absolute atomic E-state index is 6.47. The van der Waals surface area contributed by atoms with Gasteiger partial charge < -0.3 is 10.6 Å². The van der Waals surface area contributed by atoms with Crippen molar-refractivity contribution >= 4 is 22.9 Å². The van der Waals surface area contributed by atoms with Crippen LogP contribution in [0, 0.1) is 12.8 Å². The van der Waals surface area contributed by atoms with Crippen molar-refractivity contribution in [2.24, 2.45) is 11.7 Å². The van der Waals surface area contributed by atoms with E-state index in [1.165, 1.54) is 33.4 Å². The highest BCUT2D eigenvalue weighted by molar-refractivity contribution is 6.30. The van der Waals surface area contributed by atoms with Crippen molar-refractivity contribution in [3.05, 3.63) is 130 Å². The second-order valence-electron chi connectivity index (χ2n) is 10.5. The first-order valence-electron chi connectivity index (χ1n) is 13.3. The Balaban J connectivity index is 1.86. The van der Waals surface area contributed by atoms with Gasteiger partial charge in [0, 0.05) is 17.3 Å². The fourth-order valence-corrected chi connectivity index (χ4v) is 5.73. The molecule has 0 aromatic heterocycles. The number of hydrogen-bond acceptors (Lipinski definition) is 2. The first-order valence-corrected chi connectivity index (χ1v) is 13.6. The second-order valence-corrected chi connectivity index (χ2v) is 10.9. The Morgan fingerprint density at radius 2 is 1.73 bits per heavy atom. The summed E-state index contributed by atoms with van der Waals surface area (Å²) < 4.78 is 0. The predicted octanol–water partition coefficient (Wildman–Crippen LogP) is 8.10. The molecule has 2 N–H and O–H groups in total. The molecule has 192 valence electrons. The molecule has 1 aliphatic carbocycles. The molecule has 0 radical (unpaired) electrons. The molecule has 2 nitrogen and oxygen atoms in total. The third-order valence-electron chi connectivity index (χ3n) is 7.41. The summed E-state index contributed by atoms with van der Waals surface area (Å²) in [4.78, 5) is 2.49. The monoisotopic (exact) mass is 510 g/mol. The van der Waals surface area contributed by atoms with Crippen molar-refractivity contribution in [1.82, 2.24) is 4.90 Å². The number of benzene rings is 3. The summed E-state index contributed by atoms with van der Waals surface area (Å²) in [5.41, 5.74) is 17.0. The molecule has 0 saturated carbocycles. The van der Waals surface area contributed by atoms with Crippen molar-refractivity contribution in [2.45, 2.75) is 46.1 Å². The quantitative estimate of drug-likeness (QED) is 0.298. The molecule has 3 aromatic rings. The van der Waals surface area contributed by atoms with Crippen LogP contribution in [-0.2, 0) is 12.8 Å². The fourth-order valence-electron chi connectivity index (χ4n) is 5.54. The number of rotatable bonds is 10. The van der Waals surface area contributed by atoms with Gasteiger partial charge in [0.25, 0.3) is 0 Å². The lowest BCUT2D eigenvalue weighted by Gasteiger charge is -2.42. The number of allylic oxidation sites excluding steroid dienone is 2. The summed E-state index contributed by atoms with van der Waals surface area (Å²) in [6, 6.07) is 25.8. The molecule has 1 aliphatic rings. The van der Waals surface area contributed by atoms with Gasteiger partial charge in [-0.3, -0.25) is 0 Å². The van der Waals surface area contributed by atoms with E-state index in [0.717, 1.165) is 47.7 Å². The zero-order chi connectivity index (χ0) is 26.5. The first-order chi connectivity index (χ1) is 17.8. The van der Waals surface area contributed by atoms with Crippen LogP contribution in [0.1, 0.15) is 48.1 Å². The van der Waals surface area contributed by atoms with Crippen LogP contribution in [0.25, 0.3) is 11.3 Å². The summed E-state index contributed by atoms with van der Waals surface area (Å²) >= 11 is 6.47. The van der Waals surface area contributed by atoms with Crippen LogP contribution in [0.5, 0.6) is 0 Å². The lowest BCUT2D eigenvalue weighted by atomic mass is 9.75. The predicted molar refractivity (Wildman–Crippen MR) is 161 cm³/mol. The summed E-state index contributed by atoms with van der Waals surface area (Å²) in [5.74, 6) is 0.356. The highest BCUT2D eigenvalue weighted by Gasteiger charge is 2.33. The van der Waals surface area contributed by atoms with E-state index in [1.807, 2.05) is 6.07 Å². The molecule has 0 heterocycles. The molecule has 3 heteroatoms. The average molecular weight is 511 g/mol. The van der Waals surface area contributed by atoms with Crippen molar-refractivity contribution in [2.75, 3.05) is 13.1 Å². The van der Waals surface area contributed by atoms with Crippen LogP contribution < -0.4 is 5.73 Å². The smallest absolute Gasteiger partial charge is 0.0534 e. The Labute approximate surface area is 228 Å². The van der Waals surface area contributed by atoms with Gasteiger partial charge in [0.2, 0.25) is 0 Å². The lowest BCUT2D eigenvalue weighted by molar-refractivity contribution is 0.261. The van der Waals surface area contributed by atoms with Gasteiger partial charge in [-0.1, -0.05) is 105 Å². The van der Waals surface area contributed by atoms with Gasteiger partial charge in [-0.15, -0.1) is 0 Å². The van der Waals surface area contributed by atoms with E-state index >= 15 is 0 Å². The van der Waals surface area contributed by atoms with E-state index in [-0.39, 0.29) is 6.04 Å². The third kappa shape index (κ3) is 6.09. The van der Waals surface area contributed by atoms with E-state index in [1.54, 1.807) is 0 Å². The van der Waals surface area contributed by atoms with Gasteiger partial charge in [-0.05, 0) is 89.8 Å². The molecule has 4 rings (SSSR count). The molecular formula is C34H39ClN2. The Morgan fingerprint density at radius 1 is 1.03 bits per heavy atom. The van der Waals surface area contributed by atoms with E-state index in [2.05, 4.69) is 106 Å². The van der Waals surface area contributed by atoms with E-state index in [0.29, 0.717) is 12.5 Å². The summed E-state index contributed by atoms with van der Waals surface area (Å²) in [6.07, 6.45) is 2.60. The highest BCUT2D eigenvalue weighted by Crippen LogP contribution is 2.42. The van der Waals surface area contributed by atoms with Crippen LogP contribution in [0.3, 0.4) is 0 Å². The van der Waals surface area contributed by atoms with Gasteiger partial charge in [-0.2, -0.15) is 0 Å². The average Bonchev–Trinajstić information content (AvgIpc) is 2.88. The summed E-state index contributed by atoms with van der Waals surface area (Å²) in [6.45, 7) is 17.5. The minimum Gasteiger partial charge on any atom is -0.364 e. The number of nitrogens with two attached hydrogens (primary N) is 1. The molecule has 37 heavy (non-hydrogen) atoms. The maximum Gasteiger partial charge on any atom is 0.0534 e. The molecule has 0 spiro atoms. The number of nitrogens with zero attached hydrogens (tertiary/aromatic N) is 1. The van der Waals surface area contributed by atoms with Gasteiger partial charge >= 0.3 is 0 Å². The molecule has 0 fully saturated rings. The molecule has 1 unspecified atom stereocenters. The van der Waals surface area contributed by atoms with Crippen molar-refractivity contribution in [1.29, 1.82) is 0 Å². The molecule has 0 aliphatic heterocycles. The minimum absolute atomic E-state index is 0.156. The van der Waals surface area contributed by atoms with E-state index in [4.69, 9.17) is 17.3 Å². The number of aryl methyl sites for hydroxylation is 1. The number of fused-ring (bicyclic) bond motifs is 1. The largest absolute Gasteiger partial charge is 0.364 e. The molecular weight excluding hydrogens is 472 g/mol. The standard InChI is InChI=1S/C34H39ClN2/c1-23(2)34(37(19-9-18-36)26(5)28-14-12-24(3)13-15-28)33-22-29-21-30(35)16-17-31(29)25(4)32(33)20-27-10-7-6-8-11-27/h6-8,10-17,21,23,34H,4-5,9,18-20,22,36H2,1-3H3. The first kappa shape index (κ1) is 27.0. The molecule has 3 aromatic carbocycles. The van der Waals surface area contributed by atoms with Crippen molar-refractivity contribution in [3.63, 3.8) is 0 Å². The Bertz CT molecular complexity index is 1290. The zero-order valence-corrected chi connectivity index (χ0v) is 23.2.